The number of hydrogen-bond acceptors (Lipinski definition) is 5. The summed E-state index contributed by atoms with van der Waals surface area (Å²) in [7, 11) is 0. The van der Waals surface area contributed by atoms with Crippen molar-refractivity contribution in [3.05, 3.63) is 46.1 Å². The van der Waals surface area contributed by atoms with E-state index in [2.05, 4.69) is 0 Å². The van der Waals surface area contributed by atoms with Gasteiger partial charge in [0.25, 0.3) is 0 Å². The summed E-state index contributed by atoms with van der Waals surface area (Å²) < 4.78 is 5.82. The molecule has 1 fully saturated rings. The van der Waals surface area contributed by atoms with Gasteiger partial charge in [0.15, 0.2) is 5.78 Å². The van der Waals surface area contributed by atoms with E-state index >= 15 is 0 Å². The zero-order valence-electron chi connectivity index (χ0n) is 16.1. The van der Waals surface area contributed by atoms with E-state index in [0.29, 0.717) is 22.0 Å². The number of aromatic nitrogens is 1. The molecule has 0 radical (unpaired) electrons. The largest absolute Gasteiger partial charge is 0.430 e. The maximum absolute atomic E-state index is 13.1. The quantitative estimate of drug-likeness (QED) is 0.597. The molecule has 4 nitrogen and oxygen atoms in total. The van der Waals surface area contributed by atoms with Crippen LogP contribution < -0.4 is 0 Å². The van der Waals surface area contributed by atoms with E-state index in [-0.39, 0.29) is 23.6 Å². The van der Waals surface area contributed by atoms with Crippen LogP contribution in [0.25, 0.3) is 16.1 Å². The number of carbonyl (C=O) groups is 2. The molecule has 2 bridgehead atoms. The maximum atomic E-state index is 13.1. The molecule has 2 aliphatic carbocycles. The molecular formula is C22H22ClNO3S. The van der Waals surface area contributed by atoms with Gasteiger partial charge < -0.3 is 4.74 Å². The molecule has 6 heteroatoms. The van der Waals surface area contributed by atoms with Gasteiger partial charge in [0.2, 0.25) is 0 Å². The number of Topliss-reactive ketones (excluding diaryl/α,β-unsaturated/α-hetero) is 1. The van der Waals surface area contributed by atoms with Crippen LogP contribution in [-0.2, 0) is 14.3 Å². The average molecular weight is 416 g/mol. The number of thiazole rings is 1. The Morgan fingerprint density at radius 3 is 2.54 bits per heavy atom. The highest BCUT2D eigenvalue weighted by Crippen LogP contribution is 2.47. The SMILES string of the molecule is CC(C)(C)C(=O)OC1=C(c2csc(-c3ccc(Cl)cc3)n2)C(=O)[C@@H]2CC[C@H]1C2. The Morgan fingerprint density at radius 2 is 1.86 bits per heavy atom. The summed E-state index contributed by atoms with van der Waals surface area (Å²) in [5, 5.41) is 3.36. The molecule has 2 aromatic rings. The minimum atomic E-state index is -0.632. The minimum Gasteiger partial charge on any atom is -0.430 e. The number of carbonyl (C=O) groups excluding carboxylic acids is 2. The molecule has 0 amide bonds. The lowest BCUT2D eigenvalue weighted by Gasteiger charge is -2.26. The lowest BCUT2D eigenvalue weighted by Crippen LogP contribution is -2.28. The van der Waals surface area contributed by atoms with E-state index < -0.39 is 5.41 Å². The Bertz CT molecular complexity index is 968. The lowest BCUT2D eigenvalue weighted by atomic mass is 9.85. The molecule has 28 heavy (non-hydrogen) atoms. The summed E-state index contributed by atoms with van der Waals surface area (Å²) >= 11 is 7.44. The van der Waals surface area contributed by atoms with Crippen LogP contribution in [0.1, 0.15) is 45.7 Å². The second-order valence-electron chi connectivity index (χ2n) is 8.49. The molecule has 2 aliphatic rings. The first-order chi connectivity index (χ1) is 13.2. The third kappa shape index (κ3) is 3.53. The average Bonchev–Trinajstić information content (AvgIpc) is 3.28. The summed E-state index contributed by atoms with van der Waals surface area (Å²) in [5.41, 5.74) is 1.41. The first-order valence-corrected chi connectivity index (χ1v) is 10.7. The van der Waals surface area contributed by atoms with Crippen LogP contribution in [-0.4, -0.2) is 16.7 Å². The van der Waals surface area contributed by atoms with E-state index in [4.69, 9.17) is 21.3 Å². The fraction of sp³-hybridized carbons (Fsp3) is 0.409. The summed E-state index contributed by atoms with van der Waals surface area (Å²) in [6.45, 7) is 5.46. The molecule has 0 saturated heterocycles. The van der Waals surface area contributed by atoms with Crippen LogP contribution in [0, 0.1) is 17.3 Å². The second-order valence-corrected chi connectivity index (χ2v) is 9.79. The van der Waals surface area contributed by atoms with Crippen molar-refractivity contribution < 1.29 is 14.3 Å². The lowest BCUT2D eigenvalue weighted by molar-refractivity contribution is -0.149. The number of nitrogens with zero attached hydrogens (tertiary/aromatic N) is 1. The second kappa shape index (κ2) is 7.12. The normalized spacial score (nSPS) is 21.9. The number of allylic oxidation sites excluding steroid dienone is 2. The van der Waals surface area contributed by atoms with E-state index in [1.807, 2.05) is 50.4 Å². The van der Waals surface area contributed by atoms with Crippen LogP contribution >= 0.6 is 22.9 Å². The van der Waals surface area contributed by atoms with Crippen LogP contribution in [0.15, 0.2) is 35.4 Å². The monoisotopic (exact) mass is 415 g/mol. The summed E-state index contributed by atoms with van der Waals surface area (Å²) in [6, 6.07) is 7.46. The Labute approximate surface area is 173 Å². The zero-order chi connectivity index (χ0) is 20.1. The third-order valence-corrected chi connectivity index (χ3v) is 6.48. The highest BCUT2D eigenvalue weighted by Gasteiger charge is 2.44. The highest BCUT2D eigenvalue weighted by atomic mass is 35.5. The van der Waals surface area contributed by atoms with Crippen LogP contribution in [0.2, 0.25) is 5.02 Å². The van der Waals surface area contributed by atoms with Gasteiger partial charge in [0, 0.05) is 27.8 Å². The van der Waals surface area contributed by atoms with E-state index in [1.54, 1.807) is 0 Å². The van der Waals surface area contributed by atoms with Gasteiger partial charge in [0.1, 0.15) is 10.8 Å². The number of benzene rings is 1. The Kier molecular flexibility index (Phi) is 4.92. The van der Waals surface area contributed by atoms with Crippen molar-refractivity contribution in [1.82, 2.24) is 4.98 Å². The van der Waals surface area contributed by atoms with Crippen molar-refractivity contribution in [3.63, 3.8) is 0 Å². The topological polar surface area (TPSA) is 56.3 Å². The molecule has 0 spiro atoms. The Hall–Kier alpha value is -1.98. The van der Waals surface area contributed by atoms with Crippen molar-refractivity contribution in [2.75, 3.05) is 0 Å². The highest BCUT2D eigenvalue weighted by molar-refractivity contribution is 7.13. The standard InChI is InChI=1S/C22H22ClNO3S/c1-22(2,3)21(26)27-19-14-5-4-13(10-14)18(25)17(19)16-11-28-20(24-16)12-6-8-15(23)9-7-12/h6-9,11,13-14H,4-5,10H2,1-3H3/t13-,14+/m1/s1. The van der Waals surface area contributed by atoms with Gasteiger partial charge in [-0.05, 0) is 52.2 Å². The molecule has 0 aliphatic heterocycles. The molecule has 146 valence electrons. The van der Waals surface area contributed by atoms with Crippen LogP contribution in [0.4, 0.5) is 0 Å². The fourth-order valence-corrected chi connectivity index (χ4v) is 4.68. The van der Waals surface area contributed by atoms with Gasteiger partial charge in [-0.25, -0.2) is 4.98 Å². The van der Waals surface area contributed by atoms with Gasteiger partial charge in [-0.2, -0.15) is 0 Å². The Balaban J connectivity index is 1.75. The molecule has 0 N–H and O–H groups in total. The van der Waals surface area contributed by atoms with Gasteiger partial charge in [-0.3, -0.25) is 9.59 Å². The fourth-order valence-electron chi connectivity index (χ4n) is 3.74. The first kappa shape index (κ1) is 19.3. The van der Waals surface area contributed by atoms with Gasteiger partial charge in [0.05, 0.1) is 16.7 Å². The number of ether oxygens (including phenoxy) is 1. The molecule has 1 saturated carbocycles. The predicted octanol–water partition coefficient (Wildman–Crippen LogP) is 5.76. The van der Waals surface area contributed by atoms with Crippen molar-refractivity contribution in [1.29, 1.82) is 0 Å². The van der Waals surface area contributed by atoms with Crippen molar-refractivity contribution in [2.24, 2.45) is 17.3 Å². The smallest absolute Gasteiger partial charge is 0.316 e. The minimum absolute atomic E-state index is 0.0118. The van der Waals surface area contributed by atoms with Crippen molar-refractivity contribution >= 4 is 40.3 Å². The third-order valence-electron chi connectivity index (χ3n) is 5.33. The molecule has 1 heterocycles. The number of rotatable bonds is 3. The molecule has 2 atom stereocenters. The summed E-state index contributed by atoms with van der Waals surface area (Å²) in [6.07, 6.45) is 2.49. The molecular weight excluding hydrogens is 394 g/mol. The number of fused-ring (bicyclic) bond motifs is 2. The van der Waals surface area contributed by atoms with Crippen LogP contribution in [0.3, 0.4) is 0 Å². The number of halogens is 1. The number of esters is 1. The van der Waals surface area contributed by atoms with Gasteiger partial charge in [-0.1, -0.05) is 23.7 Å². The van der Waals surface area contributed by atoms with Crippen molar-refractivity contribution in [2.45, 2.75) is 40.0 Å². The molecule has 0 unspecified atom stereocenters. The van der Waals surface area contributed by atoms with Crippen molar-refractivity contribution in [3.8, 4) is 10.6 Å². The summed E-state index contributed by atoms with van der Waals surface area (Å²) in [4.78, 5) is 30.4. The molecule has 1 aromatic carbocycles. The number of hydrogen-bond donors (Lipinski definition) is 0. The Morgan fingerprint density at radius 1 is 1.18 bits per heavy atom. The number of ketones is 1. The molecule has 4 rings (SSSR count). The van der Waals surface area contributed by atoms with Crippen LogP contribution in [0.5, 0.6) is 0 Å². The predicted molar refractivity (Wildman–Crippen MR) is 111 cm³/mol. The van der Waals surface area contributed by atoms with Gasteiger partial charge in [-0.15, -0.1) is 11.3 Å². The maximum Gasteiger partial charge on any atom is 0.316 e. The van der Waals surface area contributed by atoms with E-state index in [9.17, 15) is 9.59 Å². The first-order valence-electron chi connectivity index (χ1n) is 9.46. The summed E-state index contributed by atoms with van der Waals surface area (Å²) in [5.74, 6) is 0.388. The molecule has 1 aromatic heterocycles. The van der Waals surface area contributed by atoms with Gasteiger partial charge >= 0.3 is 5.97 Å². The van der Waals surface area contributed by atoms with E-state index in [0.717, 1.165) is 29.8 Å². The van der Waals surface area contributed by atoms with E-state index in [1.165, 1.54) is 11.3 Å². The zero-order valence-corrected chi connectivity index (χ0v) is 17.7.